The van der Waals surface area contributed by atoms with Gasteiger partial charge in [-0.2, -0.15) is 0 Å². The molecule has 0 radical (unpaired) electrons. The molecule has 1 aliphatic heterocycles. The van der Waals surface area contributed by atoms with Crippen LogP contribution >= 0.6 is 0 Å². The monoisotopic (exact) mass is 256 g/mol. The Morgan fingerprint density at radius 3 is 2.68 bits per heavy atom. The molecule has 3 rings (SSSR count). The van der Waals surface area contributed by atoms with Crippen molar-refractivity contribution in [2.75, 3.05) is 0 Å². The van der Waals surface area contributed by atoms with Gasteiger partial charge in [0.05, 0.1) is 6.04 Å². The van der Waals surface area contributed by atoms with Crippen molar-refractivity contribution in [1.29, 1.82) is 0 Å². The summed E-state index contributed by atoms with van der Waals surface area (Å²) in [5, 5.41) is 12.2. The van der Waals surface area contributed by atoms with Crippen LogP contribution in [0, 0.1) is 0 Å². The molecular weight excluding hydrogens is 236 g/mol. The summed E-state index contributed by atoms with van der Waals surface area (Å²) in [4.78, 5) is 0. The minimum absolute atomic E-state index is 0.217. The van der Waals surface area contributed by atoms with Crippen LogP contribution in [0.4, 0.5) is 0 Å². The predicted octanol–water partition coefficient (Wildman–Crippen LogP) is 2.64. The van der Waals surface area contributed by atoms with Gasteiger partial charge < -0.3 is 9.88 Å². The molecule has 2 atom stereocenters. The lowest BCUT2D eigenvalue weighted by Crippen LogP contribution is -2.25. The quantitative estimate of drug-likeness (QED) is 0.914. The average molecular weight is 256 g/mol. The van der Waals surface area contributed by atoms with Crippen molar-refractivity contribution >= 4 is 0 Å². The summed E-state index contributed by atoms with van der Waals surface area (Å²) >= 11 is 0. The topological polar surface area (TPSA) is 42.7 Å². The van der Waals surface area contributed by atoms with Gasteiger partial charge >= 0.3 is 0 Å². The molecule has 1 aliphatic rings. The Hall–Kier alpha value is -1.68. The second kappa shape index (κ2) is 5.13. The van der Waals surface area contributed by atoms with Crippen molar-refractivity contribution in [3.63, 3.8) is 0 Å². The van der Waals surface area contributed by atoms with Gasteiger partial charge in [0.15, 0.2) is 0 Å². The summed E-state index contributed by atoms with van der Waals surface area (Å²) in [6.07, 6.45) is 2.26. The second-order valence-corrected chi connectivity index (χ2v) is 5.25. The minimum Gasteiger partial charge on any atom is -0.314 e. The largest absolute Gasteiger partial charge is 0.314 e. The molecule has 2 aromatic rings. The molecule has 4 nitrogen and oxygen atoms in total. The molecule has 1 aromatic carbocycles. The summed E-state index contributed by atoms with van der Waals surface area (Å²) in [6.45, 7) is 5.41. The molecule has 4 heteroatoms. The first-order valence-corrected chi connectivity index (χ1v) is 6.98. The van der Waals surface area contributed by atoms with Gasteiger partial charge in [-0.15, -0.1) is 10.2 Å². The summed E-state index contributed by atoms with van der Waals surface area (Å²) in [5.74, 6) is 2.20. The Morgan fingerprint density at radius 2 is 1.89 bits per heavy atom. The molecule has 100 valence electrons. The van der Waals surface area contributed by atoms with E-state index in [4.69, 9.17) is 0 Å². The van der Waals surface area contributed by atoms with E-state index < -0.39 is 0 Å². The van der Waals surface area contributed by atoms with E-state index in [1.54, 1.807) is 0 Å². The molecule has 0 fully saturated rings. The van der Waals surface area contributed by atoms with Gasteiger partial charge in [-0.3, -0.25) is 0 Å². The highest BCUT2D eigenvalue weighted by atomic mass is 15.3. The van der Waals surface area contributed by atoms with Crippen LogP contribution in [-0.4, -0.2) is 14.8 Å². The van der Waals surface area contributed by atoms with E-state index >= 15 is 0 Å². The Kier molecular flexibility index (Phi) is 3.34. The number of aryl methyl sites for hydroxylation is 1. The molecular formula is C15H20N4. The maximum absolute atomic E-state index is 4.33. The van der Waals surface area contributed by atoms with Crippen LogP contribution in [0.3, 0.4) is 0 Å². The van der Waals surface area contributed by atoms with Crippen molar-refractivity contribution in [2.45, 2.75) is 45.3 Å². The number of benzene rings is 1. The second-order valence-electron chi connectivity index (χ2n) is 5.25. The van der Waals surface area contributed by atoms with E-state index in [1.165, 1.54) is 12.0 Å². The molecule has 0 saturated carbocycles. The third-order valence-electron chi connectivity index (χ3n) is 3.82. The number of hydrogen-bond donors (Lipinski definition) is 1. The highest BCUT2D eigenvalue weighted by Gasteiger charge is 2.22. The third kappa shape index (κ3) is 2.40. The first-order valence-electron chi connectivity index (χ1n) is 6.98. The van der Waals surface area contributed by atoms with Crippen LogP contribution in [0.25, 0.3) is 0 Å². The van der Waals surface area contributed by atoms with E-state index in [2.05, 4.69) is 58.2 Å². The molecule has 1 N–H and O–H groups in total. The van der Waals surface area contributed by atoms with Crippen molar-refractivity contribution in [1.82, 2.24) is 20.1 Å². The normalized spacial score (nSPS) is 17.2. The lowest BCUT2D eigenvalue weighted by Gasteiger charge is -2.20. The number of nitrogens with zero attached hydrogens (tertiary/aromatic N) is 3. The van der Waals surface area contributed by atoms with Gasteiger partial charge in [0, 0.05) is 19.0 Å². The van der Waals surface area contributed by atoms with Crippen molar-refractivity contribution in [3.05, 3.63) is 47.5 Å². The van der Waals surface area contributed by atoms with Crippen LogP contribution in [0.5, 0.6) is 0 Å². The molecule has 1 aromatic heterocycles. The highest BCUT2D eigenvalue weighted by molar-refractivity contribution is 5.18. The summed E-state index contributed by atoms with van der Waals surface area (Å²) in [7, 11) is 0. The Balaban J connectivity index is 1.73. The predicted molar refractivity (Wildman–Crippen MR) is 74.8 cm³/mol. The molecule has 0 aliphatic carbocycles. The van der Waals surface area contributed by atoms with E-state index in [9.17, 15) is 0 Å². The molecule has 0 amide bonds. The smallest absolute Gasteiger partial charge is 0.149 e. The lowest BCUT2D eigenvalue weighted by molar-refractivity contribution is 0.459. The van der Waals surface area contributed by atoms with E-state index in [1.807, 2.05) is 6.07 Å². The maximum atomic E-state index is 4.33. The van der Waals surface area contributed by atoms with E-state index in [-0.39, 0.29) is 6.04 Å². The van der Waals surface area contributed by atoms with Crippen molar-refractivity contribution in [2.24, 2.45) is 0 Å². The summed E-state index contributed by atoms with van der Waals surface area (Å²) in [5.41, 5.74) is 1.30. The molecule has 0 bridgehead atoms. The average Bonchev–Trinajstić information content (AvgIpc) is 3.01. The van der Waals surface area contributed by atoms with Gasteiger partial charge in [-0.05, 0) is 25.8 Å². The third-order valence-corrected chi connectivity index (χ3v) is 3.82. The first kappa shape index (κ1) is 12.4. The number of fused-ring (bicyclic) bond motifs is 1. The number of rotatable bonds is 4. The molecule has 0 spiro atoms. The first-order chi connectivity index (χ1) is 9.25. The Morgan fingerprint density at radius 1 is 1.11 bits per heavy atom. The molecule has 2 unspecified atom stereocenters. The standard InChI is InChI=1S/C15H20N4/c1-11(13-7-4-3-5-8-13)16-12(2)15-18-17-14-9-6-10-19(14)15/h3-5,7-8,11-12,16H,6,9-10H2,1-2H3. The highest BCUT2D eigenvalue weighted by Crippen LogP contribution is 2.22. The maximum Gasteiger partial charge on any atom is 0.149 e. The Bertz CT molecular complexity index is 547. The minimum atomic E-state index is 0.217. The zero-order chi connectivity index (χ0) is 13.2. The van der Waals surface area contributed by atoms with Gasteiger partial charge in [-0.25, -0.2) is 0 Å². The fraction of sp³-hybridized carbons (Fsp3) is 0.467. The van der Waals surface area contributed by atoms with Crippen LogP contribution in [0.1, 0.15) is 49.6 Å². The van der Waals surface area contributed by atoms with Gasteiger partial charge in [-0.1, -0.05) is 30.3 Å². The SMILES string of the molecule is CC(NC(C)c1nnc2n1CCC2)c1ccccc1. The van der Waals surface area contributed by atoms with Gasteiger partial charge in [0.1, 0.15) is 11.6 Å². The Labute approximate surface area is 113 Å². The van der Waals surface area contributed by atoms with Crippen molar-refractivity contribution in [3.8, 4) is 0 Å². The van der Waals surface area contributed by atoms with E-state index in [0.29, 0.717) is 6.04 Å². The zero-order valence-corrected chi connectivity index (χ0v) is 11.5. The summed E-state index contributed by atoms with van der Waals surface area (Å²) < 4.78 is 2.26. The van der Waals surface area contributed by atoms with Gasteiger partial charge in [0.2, 0.25) is 0 Å². The van der Waals surface area contributed by atoms with Crippen LogP contribution in [0.2, 0.25) is 0 Å². The molecule has 2 heterocycles. The van der Waals surface area contributed by atoms with Crippen LogP contribution in [0.15, 0.2) is 30.3 Å². The molecule has 0 saturated heterocycles. The van der Waals surface area contributed by atoms with E-state index in [0.717, 1.165) is 24.6 Å². The number of nitrogens with one attached hydrogen (secondary N) is 1. The van der Waals surface area contributed by atoms with Crippen LogP contribution in [-0.2, 0) is 13.0 Å². The van der Waals surface area contributed by atoms with Crippen molar-refractivity contribution < 1.29 is 0 Å². The zero-order valence-electron chi connectivity index (χ0n) is 11.5. The lowest BCUT2D eigenvalue weighted by atomic mass is 10.1. The fourth-order valence-corrected chi connectivity index (χ4v) is 2.78. The van der Waals surface area contributed by atoms with Gasteiger partial charge in [0.25, 0.3) is 0 Å². The molecule has 19 heavy (non-hydrogen) atoms. The van der Waals surface area contributed by atoms with Crippen LogP contribution < -0.4 is 5.32 Å². The fourth-order valence-electron chi connectivity index (χ4n) is 2.78. The summed E-state index contributed by atoms with van der Waals surface area (Å²) in [6, 6.07) is 11.0. The number of aromatic nitrogens is 3. The number of hydrogen-bond acceptors (Lipinski definition) is 3.